The van der Waals surface area contributed by atoms with Crippen molar-refractivity contribution in [3.05, 3.63) is 89.8 Å². The van der Waals surface area contributed by atoms with Crippen molar-refractivity contribution in [1.82, 2.24) is 9.58 Å². The van der Waals surface area contributed by atoms with Gasteiger partial charge in [0.25, 0.3) is 5.91 Å². The molecule has 0 spiro atoms. The number of aliphatic imine (C=N–C) groups is 1. The highest BCUT2D eigenvalue weighted by atomic mass is 32.2. The number of hydrogen-bond donors (Lipinski definition) is 1. The summed E-state index contributed by atoms with van der Waals surface area (Å²) >= 11 is 1.33. The Balaban J connectivity index is 1.41. The first-order valence-corrected chi connectivity index (χ1v) is 11.4. The molecule has 0 bridgehead atoms. The van der Waals surface area contributed by atoms with E-state index in [-0.39, 0.29) is 11.4 Å². The fraction of sp³-hybridized carbons (Fsp3) is 0.120. The van der Waals surface area contributed by atoms with Crippen LogP contribution in [0.1, 0.15) is 18.2 Å². The first-order chi connectivity index (χ1) is 16.1. The van der Waals surface area contributed by atoms with Gasteiger partial charge in [-0.1, -0.05) is 30.3 Å². The van der Waals surface area contributed by atoms with Crippen molar-refractivity contribution in [2.24, 2.45) is 10.1 Å². The van der Waals surface area contributed by atoms with Gasteiger partial charge in [-0.3, -0.25) is 10.2 Å². The number of nitrogens with zero attached hydrogens (tertiary/aromatic N) is 4. The van der Waals surface area contributed by atoms with Crippen LogP contribution in [0.5, 0.6) is 5.75 Å². The summed E-state index contributed by atoms with van der Waals surface area (Å²) in [5.41, 5.74) is 3.02. The number of fused-ring (bicyclic) bond motifs is 1. The Morgan fingerprint density at radius 2 is 1.85 bits per heavy atom. The molecular weight excluding hydrogens is 434 g/mol. The SMILES string of the molecule is CCOc1ccc(-n2cccc2/C=C2\C(=N)N3N=C(Cc4ccccc4)SC3=NC2=O)cc1. The second kappa shape index (κ2) is 8.91. The number of hydrazone groups is 1. The Labute approximate surface area is 195 Å². The highest BCUT2D eigenvalue weighted by Gasteiger charge is 2.35. The van der Waals surface area contributed by atoms with E-state index in [1.165, 1.54) is 16.8 Å². The van der Waals surface area contributed by atoms with Crippen LogP contribution in [-0.2, 0) is 11.2 Å². The molecule has 1 N–H and O–H groups in total. The number of carbonyl (C=O) groups excluding carboxylic acids is 1. The molecule has 0 fully saturated rings. The number of thioether (sulfide) groups is 1. The van der Waals surface area contributed by atoms with E-state index in [1.807, 2.05) is 84.4 Å². The maximum absolute atomic E-state index is 12.8. The number of ether oxygens (including phenoxy) is 1. The molecule has 2 aromatic carbocycles. The van der Waals surface area contributed by atoms with Crippen molar-refractivity contribution in [3.8, 4) is 11.4 Å². The molecule has 0 radical (unpaired) electrons. The van der Waals surface area contributed by atoms with Crippen molar-refractivity contribution in [3.63, 3.8) is 0 Å². The lowest BCUT2D eigenvalue weighted by molar-refractivity contribution is -0.114. The number of carbonyl (C=O) groups is 1. The van der Waals surface area contributed by atoms with Gasteiger partial charge < -0.3 is 9.30 Å². The van der Waals surface area contributed by atoms with Gasteiger partial charge >= 0.3 is 0 Å². The maximum Gasteiger partial charge on any atom is 0.283 e. The molecule has 33 heavy (non-hydrogen) atoms. The molecule has 8 heteroatoms. The molecular formula is C25H21N5O2S. The third kappa shape index (κ3) is 4.25. The lowest BCUT2D eigenvalue weighted by Gasteiger charge is -2.20. The predicted octanol–water partition coefficient (Wildman–Crippen LogP) is 4.74. The molecule has 2 aliphatic heterocycles. The minimum Gasteiger partial charge on any atom is -0.494 e. The summed E-state index contributed by atoms with van der Waals surface area (Å²) in [6, 6.07) is 21.5. The highest BCUT2D eigenvalue weighted by molar-refractivity contribution is 8.26. The fourth-order valence-corrected chi connectivity index (χ4v) is 4.56. The van der Waals surface area contributed by atoms with E-state index in [9.17, 15) is 4.79 Å². The third-order valence-electron chi connectivity index (χ3n) is 5.19. The second-order valence-corrected chi connectivity index (χ2v) is 8.45. The Bertz CT molecular complexity index is 1310. The van der Waals surface area contributed by atoms with E-state index in [0.29, 0.717) is 18.2 Å². The van der Waals surface area contributed by atoms with Gasteiger partial charge in [0.1, 0.15) is 10.8 Å². The lowest BCUT2D eigenvalue weighted by atomic mass is 10.1. The summed E-state index contributed by atoms with van der Waals surface area (Å²) in [6.45, 7) is 2.55. The smallest absolute Gasteiger partial charge is 0.283 e. The fourth-order valence-electron chi connectivity index (χ4n) is 3.64. The zero-order chi connectivity index (χ0) is 22.8. The average Bonchev–Trinajstić information content (AvgIpc) is 3.45. The van der Waals surface area contributed by atoms with Crippen molar-refractivity contribution < 1.29 is 9.53 Å². The number of hydrogen-bond acceptors (Lipinski definition) is 5. The van der Waals surface area contributed by atoms with Gasteiger partial charge in [0.05, 0.1) is 12.2 Å². The number of amidine groups is 2. The number of rotatable bonds is 6. The molecule has 1 aromatic heterocycles. The molecule has 0 saturated heterocycles. The molecule has 0 unspecified atom stereocenters. The van der Waals surface area contributed by atoms with E-state index in [4.69, 9.17) is 10.1 Å². The number of aromatic nitrogens is 1. The average molecular weight is 456 g/mol. The topological polar surface area (TPSA) is 83.0 Å². The van der Waals surface area contributed by atoms with Crippen molar-refractivity contribution in [2.75, 3.05) is 6.61 Å². The molecule has 0 aliphatic carbocycles. The molecule has 0 saturated carbocycles. The minimum atomic E-state index is -0.436. The highest BCUT2D eigenvalue weighted by Crippen LogP contribution is 2.30. The molecule has 0 atom stereocenters. The first kappa shape index (κ1) is 21.0. The van der Waals surface area contributed by atoms with Crippen LogP contribution in [0.3, 0.4) is 0 Å². The van der Waals surface area contributed by atoms with Crippen molar-refractivity contribution >= 4 is 39.8 Å². The molecule has 2 aliphatic rings. The maximum atomic E-state index is 12.8. The van der Waals surface area contributed by atoms with Crippen LogP contribution in [0.15, 0.2) is 88.6 Å². The summed E-state index contributed by atoms with van der Waals surface area (Å²) in [4.78, 5) is 17.0. The second-order valence-electron chi connectivity index (χ2n) is 7.41. The third-order valence-corrected chi connectivity index (χ3v) is 6.10. The molecule has 7 nitrogen and oxygen atoms in total. The van der Waals surface area contributed by atoms with Crippen LogP contribution < -0.4 is 4.74 Å². The van der Waals surface area contributed by atoms with E-state index in [2.05, 4.69) is 10.1 Å². The van der Waals surface area contributed by atoms with E-state index < -0.39 is 5.91 Å². The Kier molecular flexibility index (Phi) is 5.66. The van der Waals surface area contributed by atoms with Gasteiger partial charge in [-0.15, -0.1) is 0 Å². The normalized spacial score (nSPS) is 16.6. The molecule has 5 rings (SSSR count). The van der Waals surface area contributed by atoms with Gasteiger partial charge in [-0.25, -0.2) is 0 Å². The van der Waals surface area contributed by atoms with E-state index in [1.54, 1.807) is 6.08 Å². The van der Waals surface area contributed by atoms with Crippen LogP contribution >= 0.6 is 11.8 Å². The van der Waals surface area contributed by atoms with Gasteiger partial charge in [0, 0.05) is 24.0 Å². The quantitative estimate of drug-likeness (QED) is 0.545. The van der Waals surface area contributed by atoms with Gasteiger partial charge in [0.15, 0.2) is 5.84 Å². The summed E-state index contributed by atoms with van der Waals surface area (Å²) in [5, 5.41) is 15.9. The number of benzene rings is 2. The lowest BCUT2D eigenvalue weighted by Crippen LogP contribution is -2.35. The van der Waals surface area contributed by atoms with Crippen LogP contribution in [-0.4, -0.2) is 38.1 Å². The molecule has 1 amide bonds. The number of nitrogens with one attached hydrogen (secondary N) is 1. The number of amides is 1. The molecule has 3 aromatic rings. The summed E-state index contributed by atoms with van der Waals surface area (Å²) in [5.74, 6) is 0.393. The van der Waals surface area contributed by atoms with E-state index >= 15 is 0 Å². The van der Waals surface area contributed by atoms with Crippen molar-refractivity contribution in [2.45, 2.75) is 13.3 Å². The zero-order valence-corrected chi connectivity index (χ0v) is 18.7. The molecule has 3 heterocycles. The summed E-state index contributed by atoms with van der Waals surface area (Å²) < 4.78 is 7.47. The predicted molar refractivity (Wildman–Crippen MR) is 132 cm³/mol. The van der Waals surface area contributed by atoms with Gasteiger partial charge in [-0.05, 0) is 66.7 Å². The van der Waals surface area contributed by atoms with Gasteiger partial charge in [0.2, 0.25) is 5.17 Å². The van der Waals surface area contributed by atoms with Crippen LogP contribution in [0.2, 0.25) is 0 Å². The van der Waals surface area contributed by atoms with Crippen molar-refractivity contribution in [1.29, 1.82) is 5.41 Å². The Morgan fingerprint density at radius 3 is 2.61 bits per heavy atom. The summed E-state index contributed by atoms with van der Waals surface area (Å²) in [6.07, 6.45) is 4.23. The van der Waals surface area contributed by atoms with Crippen LogP contribution in [0, 0.1) is 5.41 Å². The van der Waals surface area contributed by atoms with Crippen LogP contribution in [0.25, 0.3) is 11.8 Å². The first-order valence-electron chi connectivity index (χ1n) is 10.6. The zero-order valence-electron chi connectivity index (χ0n) is 17.9. The van der Waals surface area contributed by atoms with Crippen LogP contribution in [0.4, 0.5) is 0 Å². The largest absolute Gasteiger partial charge is 0.494 e. The van der Waals surface area contributed by atoms with E-state index in [0.717, 1.165) is 27.7 Å². The Morgan fingerprint density at radius 1 is 1.06 bits per heavy atom. The standard InChI is InChI=1S/C25H21N5O2S/c1-2-32-20-12-10-18(11-13-20)29-14-6-9-19(29)16-21-23(26)30-25(27-24(21)31)33-22(28-30)15-17-7-4-3-5-8-17/h3-14,16,26H,2,15H2,1H3/b21-16+,26-23?. The molecule has 164 valence electrons. The Hall–Kier alpha value is -3.91. The monoisotopic (exact) mass is 455 g/mol. The van der Waals surface area contributed by atoms with Gasteiger partial charge in [-0.2, -0.15) is 15.1 Å². The summed E-state index contributed by atoms with van der Waals surface area (Å²) in [7, 11) is 0. The minimum absolute atomic E-state index is 0.0278.